The van der Waals surface area contributed by atoms with Crippen molar-refractivity contribution in [3.63, 3.8) is 0 Å². The Hall–Kier alpha value is -1.63. The van der Waals surface area contributed by atoms with Crippen molar-refractivity contribution in [2.75, 3.05) is 26.3 Å². The molecule has 1 fully saturated rings. The van der Waals surface area contributed by atoms with Crippen molar-refractivity contribution >= 4 is 21.8 Å². The molecule has 0 radical (unpaired) electrons. The molecule has 1 N–H and O–H groups in total. The molecular weight excluding hydrogens is 394 g/mol. The number of benzene rings is 1. The van der Waals surface area contributed by atoms with Crippen LogP contribution in [0.15, 0.2) is 40.9 Å². The minimum Gasteiger partial charge on any atom is -0.379 e. The second-order valence-electron chi connectivity index (χ2n) is 6.86. The van der Waals surface area contributed by atoms with Gasteiger partial charge in [0.15, 0.2) is 0 Å². The Bertz CT molecular complexity index is 774. The predicted molar refractivity (Wildman–Crippen MR) is 107 cm³/mol. The molecule has 2 heterocycles. The van der Waals surface area contributed by atoms with Crippen molar-refractivity contribution in [1.29, 1.82) is 0 Å². The van der Waals surface area contributed by atoms with Crippen LogP contribution in [0.4, 0.5) is 0 Å². The van der Waals surface area contributed by atoms with Crippen LogP contribution in [0.1, 0.15) is 24.3 Å². The van der Waals surface area contributed by atoms with Gasteiger partial charge in [0, 0.05) is 48.0 Å². The summed E-state index contributed by atoms with van der Waals surface area (Å²) in [5, 5.41) is 3.08. The molecule has 5 nitrogen and oxygen atoms in total. The summed E-state index contributed by atoms with van der Waals surface area (Å²) in [4.78, 5) is 15.1. The lowest BCUT2D eigenvalue weighted by atomic mass is 10.1. The topological polar surface area (TPSA) is 46.5 Å². The van der Waals surface area contributed by atoms with E-state index in [-0.39, 0.29) is 11.9 Å². The molecule has 1 aliphatic heterocycles. The number of nitrogens with zero attached hydrogens (tertiary/aromatic N) is 2. The minimum absolute atomic E-state index is 0.0430. The highest BCUT2D eigenvalue weighted by Gasteiger charge is 2.24. The third kappa shape index (κ3) is 4.03. The van der Waals surface area contributed by atoms with Crippen LogP contribution in [0.3, 0.4) is 0 Å². The van der Waals surface area contributed by atoms with Crippen LogP contribution in [0.5, 0.6) is 0 Å². The number of halogens is 1. The standard InChI is InChI=1S/C20H26BrN3O2/c1-14(24-10-11-26-13-15(24)2)12-22-20(25)19-9-8-18(23(19)3)16-6-4-5-7-17(16)21/h4-9,14-15H,10-13H2,1-3H3,(H,22,25). The first kappa shape index (κ1) is 19.1. The number of carbonyl (C=O) groups is 1. The van der Waals surface area contributed by atoms with Crippen molar-refractivity contribution in [2.45, 2.75) is 25.9 Å². The zero-order chi connectivity index (χ0) is 18.7. The lowest BCUT2D eigenvalue weighted by Gasteiger charge is -2.37. The highest BCUT2D eigenvalue weighted by molar-refractivity contribution is 9.10. The van der Waals surface area contributed by atoms with Gasteiger partial charge in [-0.3, -0.25) is 9.69 Å². The molecule has 0 bridgehead atoms. The average Bonchev–Trinajstić information content (AvgIpc) is 3.01. The molecule has 0 aliphatic carbocycles. The van der Waals surface area contributed by atoms with E-state index in [2.05, 4.69) is 40.0 Å². The number of amides is 1. The summed E-state index contributed by atoms with van der Waals surface area (Å²) in [6.45, 7) is 7.37. The predicted octanol–water partition coefficient (Wildman–Crippen LogP) is 3.29. The number of hydrogen-bond acceptors (Lipinski definition) is 3. The molecular formula is C20H26BrN3O2. The zero-order valence-electron chi connectivity index (χ0n) is 15.5. The van der Waals surface area contributed by atoms with Crippen molar-refractivity contribution in [1.82, 2.24) is 14.8 Å². The SMILES string of the molecule is CC(CNC(=O)c1ccc(-c2ccccc2Br)n1C)N1CCOCC1C. The van der Waals surface area contributed by atoms with Gasteiger partial charge in [0.05, 0.1) is 13.2 Å². The van der Waals surface area contributed by atoms with Gasteiger partial charge in [-0.15, -0.1) is 0 Å². The fourth-order valence-corrected chi connectivity index (χ4v) is 4.01. The van der Waals surface area contributed by atoms with Crippen molar-refractivity contribution in [2.24, 2.45) is 7.05 Å². The first-order chi connectivity index (χ1) is 12.5. The third-order valence-electron chi connectivity index (χ3n) is 5.05. The monoisotopic (exact) mass is 419 g/mol. The van der Waals surface area contributed by atoms with Crippen LogP contribution in [0.25, 0.3) is 11.3 Å². The van der Waals surface area contributed by atoms with Crippen LogP contribution in [0, 0.1) is 0 Å². The highest BCUT2D eigenvalue weighted by atomic mass is 79.9. The Morgan fingerprint density at radius 3 is 2.85 bits per heavy atom. The van der Waals surface area contributed by atoms with Crippen LogP contribution in [0.2, 0.25) is 0 Å². The number of hydrogen-bond donors (Lipinski definition) is 1. The minimum atomic E-state index is -0.0430. The maximum Gasteiger partial charge on any atom is 0.267 e. The smallest absolute Gasteiger partial charge is 0.267 e. The van der Waals surface area contributed by atoms with Crippen molar-refractivity contribution in [3.8, 4) is 11.3 Å². The molecule has 3 rings (SSSR count). The Labute approximate surface area is 163 Å². The van der Waals surface area contributed by atoms with Gasteiger partial charge in [0.1, 0.15) is 5.69 Å². The van der Waals surface area contributed by atoms with Gasteiger partial charge < -0.3 is 14.6 Å². The van der Waals surface area contributed by atoms with Gasteiger partial charge in [-0.05, 0) is 32.0 Å². The molecule has 6 heteroatoms. The number of nitrogens with one attached hydrogen (secondary N) is 1. The summed E-state index contributed by atoms with van der Waals surface area (Å²) in [6, 6.07) is 12.6. The Morgan fingerprint density at radius 2 is 2.12 bits per heavy atom. The van der Waals surface area contributed by atoms with E-state index in [0.29, 0.717) is 18.3 Å². The van der Waals surface area contributed by atoms with Gasteiger partial charge in [-0.2, -0.15) is 0 Å². The Morgan fingerprint density at radius 1 is 1.35 bits per heavy atom. The van der Waals surface area contributed by atoms with E-state index in [9.17, 15) is 4.79 Å². The number of rotatable bonds is 5. The molecule has 2 unspecified atom stereocenters. The molecule has 2 atom stereocenters. The van der Waals surface area contributed by atoms with Crippen LogP contribution < -0.4 is 5.32 Å². The fourth-order valence-electron chi connectivity index (χ4n) is 3.52. The molecule has 1 amide bonds. The number of morpholine rings is 1. The van der Waals surface area contributed by atoms with Crippen LogP contribution in [-0.2, 0) is 11.8 Å². The normalized spacial score (nSPS) is 19.3. The molecule has 2 aromatic rings. The maximum absolute atomic E-state index is 12.7. The molecule has 0 saturated carbocycles. The average molecular weight is 420 g/mol. The van der Waals surface area contributed by atoms with Gasteiger partial charge in [-0.1, -0.05) is 34.1 Å². The zero-order valence-corrected chi connectivity index (χ0v) is 17.1. The molecule has 26 heavy (non-hydrogen) atoms. The Balaban J connectivity index is 1.66. The van der Waals surface area contributed by atoms with E-state index in [0.717, 1.165) is 35.5 Å². The molecule has 1 aromatic heterocycles. The van der Waals surface area contributed by atoms with E-state index >= 15 is 0 Å². The molecule has 0 spiro atoms. The largest absolute Gasteiger partial charge is 0.379 e. The summed E-state index contributed by atoms with van der Waals surface area (Å²) in [5.74, 6) is -0.0430. The van der Waals surface area contributed by atoms with Gasteiger partial charge in [0.25, 0.3) is 5.91 Å². The Kier molecular flexibility index (Phi) is 6.16. The van der Waals surface area contributed by atoms with Gasteiger partial charge >= 0.3 is 0 Å². The van der Waals surface area contributed by atoms with Gasteiger partial charge in [-0.25, -0.2) is 0 Å². The second kappa shape index (κ2) is 8.37. The lowest BCUT2D eigenvalue weighted by molar-refractivity contribution is -0.0178. The van der Waals surface area contributed by atoms with Crippen LogP contribution >= 0.6 is 15.9 Å². The summed E-state index contributed by atoms with van der Waals surface area (Å²) in [7, 11) is 1.93. The van der Waals surface area contributed by atoms with E-state index in [4.69, 9.17) is 4.74 Å². The van der Waals surface area contributed by atoms with Crippen molar-refractivity contribution < 1.29 is 9.53 Å². The van der Waals surface area contributed by atoms with E-state index < -0.39 is 0 Å². The summed E-state index contributed by atoms with van der Waals surface area (Å²) >= 11 is 3.58. The molecule has 1 aliphatic rings. The highest BCUT2D eigenvalue weighted by Crippen LogP contribution is 2.29. The van der Waals surface area contributed by atoms with Gasteiger partial charge in [0.2, 0.25) is 0 Å². The first-order valence-corrected chi connectivity index (χ1v) is 9.80. The van der Waals surface area contributed by atoms with E-state index in [1.165, 1.54) is 0 Å². The quantitative estimate of drug-likeness (QED) is 0.808. The third-order valence-corrected chi connectivity index (χ3v) is 5.74. The van der Waals surface area contributed by atoms with E-state index in [1.54, 1.807) is 0 Å². The van der Waals surface area contributed by atoms with E-state index in [1.807, 2.05) is 48.0 Å². The number of ether oxygens (including phenoxy) is 1. The summed E-state index contributed by atoms with van der Waals surface area (Å²) in [6.07, 6.45) is 0. The fraction of sp³-hybridized carbons (Fsp3) is 0.450. The molecule has 1 aromatic carbocycles. The first-order valence-electron chi connectivity index (χ1n) is 9.01. The number of aromatic nitrogens is 1. The molecule has 1 saturated heterocycles. The maximum atomic E-state index is 12.7. The molecule has 140 valence electrons. The number of carbonyl (C=O) groups excluding carboxylic acids is 1. The lowest BCUT2D eigenvalue weighted by Crippen LogP contribution is -2.52. The van der Waals surface area contributed by atoms with Crippen LogP contribution in [-0.4, -0.2) is 53.8 Å². The van der Waals surface area contributed by atoms with Crippen molar-refractivity contribution in [3.05, 3.63) is 46.6 Å². The summed E-state index contributed by atoms with van der Waals surface area (Å²) in [5.41, 5.74) is 2.75. The second-order valence-corrected chi connectivity index (χ2v) is 7.72. The summed E-state index contributed by atoms with van der Waals surface area (Å²) < 4.78 is 8.45.